The van der Waals surface area contributed by atoms with Crippen LogP contribution in [-0.4, -0.2) is 54.3 Å². The zero-order valence-electron chi connectivity index (χ0n) is 14.8. The van der Waals surface area contributed by atoms with Gasteiger partial charge in [0.2, 0.25) is 5.91 Å². The van der Waals surface area contributed by atoms with Crippen molar-refractivity contribution < 1.29 is 19.3 Å². The molecule has 130 valence electrons. The van der Waals surface area contributed by atoms with E-state index in [1.54, 1.807) is 24.3 Å². The molecule has 2 rings (SSSR count). The summed E-state index contributed by atoms with van der Waals surface area (Å²) >= 11 is 0. The molecule has 0 saturated heterocycles. The van der Waals surface area contributed by atoms with E-state index in [0.717, 1.165) is 11.4 Å². The van der Waals surface area contributed by atoms with Gasteiger partial charge in [0, 0.05) is 0 Å². The van der Waals surface area contributed by atoms with Gasteiger partial charge in [-0.25, -0.2) is 0 Å². The van der Waals surface area contributed by atoms with E-state index < -0.39 is 11.8 Å². The van der Waals surface area contributed by atoms with E-state index in [1.165, 1.54) is 4.90 Å². The number of amides is 3. The molecule has 1 heterocycles. The molecule has 0 unspecified atom stereocenters. The second-order valence-electron chi connectivity index (χ2n) is 6.73. The fraction of sp³-hybridized carbons (Fsp3) is 0.500. The van der Waals surface area contributed by atoms with Crippen molar-refractivity contribution in [1.29, 1.82) is 0 Å². The van der Waals surface area contributed by atoms with Gasteiger partial charge in [-0.2, -0.15) is 0 Å². The molecule has 0 radical (unpaired) electrons. The van der Waals surface area contributed by atoms with Gasteiger partial charge in [0.25, 0.3) is 11.8 Å². The maximum absolute atomic E-state index is 12.2. The number of hydrogen-bond donors (Lipinski definition) is 2. The molecule has 2 N–H and O–H groups in total. The van der Waals surface area contributed by atoms with E-state index in [4.69, 9.17) is 0 Å². The number of nitrogens with one attached hydrogen (secondary N) is 2. The van der Waals surface area contributed by atoms with Gasteiger partial charge in [-0.1, -0.05) is 12.1 Å². The maximum atomic E-state index is 12.2. The minimum absolute atomic E-state index is 0.231. The summed E-state index contributed by atoms with van der Waals surface area (Å²) in [6.07, 6.45) is 0. The van der Waals surface area contributed by atoms with Crippen LogP contribution in [0, 0.1) is 0 Å². The summed E-state index contributed by atoms with van der Waals surface area (Å²) in [5, 5.41) is 2.81. The lowest BCUT2D eigenvalue weighted by molar-refractivity contribution is -0.941. The van der Waals surface area contributed by atoms with Crippen molar-refractivity contribution in [3.63, 3.8) is 0 Å². The first-order valence-electron chi connectivity index (χ1n) is 8.40. The minimum Gasteiger partial charge on any atom is -0.349 e. The van der Waals surface area contributed by atoms with E-state index in [1.807, 2.05) is 0 Å². The first-order chi connectivity index (χ1) is 11.3. The fourth-order valence-corrected chi connectivity index (χ4v) is 3.17. The number of fused-ring (bicyclic) bond motifs is 1. The summed E-state index contributed by atoms with van der Waals surface area (Å²) in [6, 6.07) is 7.59. The Kier molecular flexibility index (Phi) is 5.72. The SMILES string of the molecule is CC(C)[NH+](CCNC(=O)CN1C(=O)c2ccccc2C1=O)C(C)C. The van der Waals surface area contributed by atoms with Crippen molar-refractivity contribution in [2.75, 3.05) is 19.6 Å². The molecule has 24 heavy (non-hydrogen) atoms. The highest BCUT2D eigenvalue weighted by Gasteiger charge is 2.36. The molecule has 0 spiro atoms. The lowest BCUT2D eigenvalue weighted by Gasteiger charge is -2.27. The molecule has 6 heteroatoms. The lowest BCUT2D eigenvalue weighted by atomic mass is 10.1. The molecule has 0 saturated carbocycles. The third-order valence-electron chi connectivity index (χ3n) is 4.40. The Labute approximate surface area is 142 Å². The number of hydrogen-bond acceptors (Lipinski definition) is 3. The average Bonchev–Trinajstić information content (AvgIpc) is 2.76. The molecule has 6 nitrogen and oxygen atoms in total. The Morgan fingerprint density at radius 3 is 2.00 bits per heavy atom. The third-order valence-corrected chi connectivity index (χ3v) is 4.40. The van der Waals surface area contributed by atoms with Crippen molar-refractivity contribution in [1.82, 2.24) is 10.2 Å². The molecule has 1 aromatic rings. The van der Waals surface area contributed by atoms with Gasteiger partial charge in [-0.3, -0.25) is 19.3 Å². The topological polar surface area (TPSA) is 70.9 Å². The summed E-state index contributed by atoms with van der Waals surface area (Å²) in [4.78, 5) is 39.0. The van der Waals surface area contributed by atoms with Crippen LogP contribution >= 0.6 is 0 Å². The number of benzene rings is 1. The highest BCUT2D eigenvalue weighted by Crippen LogP contribution is 2.21. The van der Waals surface area contributed by atoms with Crippen LogP contribution in [0.15, 0.2) is 24.3 Å². The molecule has 0 aromatic heterocycles. The van der Waals surface area contributed by atoms with Gasteiger partial charge in [0.15, 0.2) is 0 Å². The zero-order chi connectivity index (χ0) is 17.9. The van der Waals surface area contributed by atoms with E-state index in [-0.39, 0.29) is 12.5 Å². The molecular formula is C18H26N3O3+. The van der Waals surface area contributed by atoms with E-state index >= 15 is 0 Å². The molecule has 0 atom stereocenters. The smallest absolute Gasteiger partial charge is 0.262 e. The second kappa shape index (κ2) is 7.57. The van der Waals surface area contributed by atoms with Crippen molar-refractivity contribution in [3.8, 4) is 0 Å². The van der Waals surface area contributed by atoms with Crippen molar-refractivity contribution in [2.45, 2.75) is 39.8 Å². The van der Waals surface area contributed by atoms with E-state index in [0.29, 0.717) is 29.8 Å². The van der Waals surface area contributed by atoms with Crippen LogP contribution in [0.4, 0.5) is 0 Å². The molecule has 0 aliphatic carbocycles. The predicted octanol–water partition coefficient (Wildman–Crippen LogP) is 0.101. The zero-order valence-corrected chi connectivity index (χ0v) is 14.8. The first-order valence-corrected chi connectivity index (χ1v) is 8.40. The van der Waals surface area contributed by atoms with Crippen LogP contribution in [0.1, 0.15) is 48.4 Å². The fourth-order valence-electron chi connectivity index (χ4n) is 3.17. The molecule has 1 aliphatic rings. The Balaban J connectivity index is 1.88. The first kappa shape index (κ1) is 18.1. The van der Waals surface area contributed by atoms with Gasteiger partial charge in [0.05, 0.1) is 36.3 Å². The second-order valence-corrected chi connectivity index (χ2v) is 6.73. The highest BCUT2D eigenvalue weighted by molar-refractivity contribution is 6.22. The van der Waals surface area contributed by atoms with Crippen molar-refractivity contribution in [2.24, 2.45) is 0 Å². The molecule has 0 bridgehead atoms. The summed E-state index contributed by atoms with van der Waals surface area (Å²) in [5.74, 6) is -1.11. The quantitative estimate of drug-likeness (QED) is 0.696. The highest BCUT2D eigenvalue weighted by atomic mass is 16.2. The normalized spacial score (nSPS) is 14.0. The number of imide groups is 1. The summed E-state index contributed by atoms with van der Waals surface area (Å²) in [6.45, 7) is 9.69. The average molecular weight is 332 g/mol. The Morgan fingerprint density at radius 1 is 1.04 bits per heavy atom. The maximum Gasteiger partial charge on any atom is 0.262 e. The van der Waals surface area contributed by atoms with Crippen LogP contribution in [0.25, 0.3) is 0 Å². The summed E-state index contributed by atoms with van der Waals surface area (Å²) < 4.78 is 0. The van der Waals surface area contributed by atoms with Crippen LogP contribution in [0.3, 0.4) is 0 Å². The summed E-state index contributed by atoms with van der Waals surface area (Å²) in [7, 11) is 0. The van der Waals surface area contributed by atoms with Gasteiger partial charge in [0.1, 0.15) is 6.54 Å². The Morgan fingerprint density at radius 2 is 1.54 bits per heavy atom. The largest absolute Gasteiger partial charge is 0.349 e. The number of quaternary nitrogens is 1. The van der Waals surface area contributed by atoms with E-state index in [2.05, 4.69) is 33.0 Å². The Hall–Kier alpha value is -2.21. The van der Waals surface area contributed by atoms with Crippen LogP contribution in [0.5, 0.6) is 0 Å². The Bertz CT molecular complexity index is 597. The monoisotopic (exact) mass is 332 g/mol. The number of carbonyl (C=O) groups is 3. The lowest BCUT2D eigenvalue weighted by Crippen LogP contribution is -3.18. The van der Waals surface area contributed by atoms with Crippen LogP contribution in [-0.2, 0) is 4.79 Å². The van der Waals surface area contributed by atoms with Crippen LogP contribution < -0.4 is 10.2 Å². The number of carbonyl (C=O) groups excluding carboxylic acids is 3. The molecule has 1 aliphatic heterocycles. The molecule has 3 amide bonds. The van der Waals surface area contributed by atoms with Crippen molar-refractivity contribution >= 4 is 17.7 Å². The van der Waals surface area contributed by atoms with Gasteiger partial charge in [-0.05, 0) is 39.8 Å². The molecule has 0 fully saturated rings. The van der Waals surface area contributed by atoms with Gasteiger partial charge < -0.3 is 10.2 Å². The van der Waals surface area contributed by atoms with Crippen molar-refractivity contribution in [3.05, 3.63) is 35.4 Å². The predicted molar refractivity (Wildman–Crippen MR) is 90.9 cm³/mol. The molecule has 1 aromatic carbocycles. The minimum atomic E-state index is -0.401. The molecular weight excluding hydrogens is 306 g/mol. The van der Waals surface area contributed by atoms with Gasteiger partial charge >= 0.3 is 0 Å². The number of rotatable bonds is 7. The third kappa shape index (κ3) is 3.82. The summed E-state index contributed by atoms with van der Waals surface area (Å²) in [5.41, 5.74) is 0.732. The number of nitrogens with zero attached hydrogens (tertiary/aromatic N) is 1. The van der Waals surface area contributed by atoms with Gasteiger partial charge in [-0.15, -0.1) is 0 Å². The van der Waals surface area contributed by atoms with E-state index in [9.17, 15) is 14.4 Å². The van der Waals surface area contributed by atoms with Crippen LogP contribution in [0.2, 0.25) is 0 Å². The standard InChI is InChI=1S/C18H25N3O3/c1-12(2)20(13(3)4)10-9-19-16(22)11-21-17(23)14-7-5-6-8-15(14)18(21)24/h5-8,12-13H,9-11H2,1-4H3,(H,19,22)/p+1.